The molecule has 2 rings (SSSR count). The van der Waals surface area contributed by atoms with Crippen molar-refractivity contribution in [1.29, 1.82) is 0 Å². The summed E-state index contributed by atoms with van der Waals surface area (Å²) in [5.74, 6) is 0.829. The highest BCUT2D eigenvalue weighted by Crippen LogP contribution is 2.21. The number of sulfonamides is 1. The number of anilines is 1. The Kier molecular flexibility index (Phi) is 10.3. The third kappa shape index (κ3) is 8.61. The van der Waals surface area contributed by atoms with Crippen molar-refractivity contribution >= 4 is 27.5 Å². The molecule has 1 aromatic heterocycles. The van der Waals surface area contributed by atoms with E-state index in [4.69, 9.17) is 4.42 Å². The topological polar surface area (TPSA) is 99.9 Å². The van der Waals surface area contributed by atoms with Gasteiger partial charge in [0.05, 0.1) is 24.2 Å². The summed E-state index contributed by atoms with van der Waals surface area (Å²) in [5.41, 5.74) is 0.494. The summed E-state index contributed by atoms with van der Waals surface area (Å²) < 4.78 is 33.5. The standard InChI is InChI=1S/C25H37N3O5S/c1-19(2)12-14-27(15-13-20(3)4)25(30)18-28(17-23-7-6-16-33-23)34(31,32)24-10-8-22(9-11-24)26-21(5)29/h6-11,16,19-20H,12-15,17-18H2,1-5H3,(H,26,29). The maximum Gasteiger partial charge on any atom is 0.243 e. The minimum atomic E-state index is -4.00. The average molecular weight is 492 g/mol. The van der Waals surface area contributed by atoms with Crippen molar-refractivity contribution in [2.24, 2.45) is 11.8 Å². The van der Waals surface area contributed by atoms with Gasteiger partial charge in [-0.25, -0.2) is 8.42 Å². The molecule has 0 bridgehead atoms. The smallest absolute Gasteiger partial charge is 0.243 e. The van der Waals surface area contributed by atoms with Crippen molar-refractivity contribution < 1.29 is 22.4 Å². The van der Waals surface area contributed by atoms with Crippen LogP contribution in [0.5, 0.6) is 0 Å². The van der Waals surface area contributed by atoms with E-state index in [1.165, 1.54) is 37.5 Å². The molecule has 0 spiro atoms. The Labute approximate surface area is 203 Å². The molecule has 0 saturated carbocycles. The third-order valence-electron chi connectivity index (χ3n) is 5.34. The van der Waals surface area contributed by atoms with Crippen molar-refractivity contribution in [3.63, 3.8) is 0 Å². The van der Waals surface area contributed by atoms with Gasteiger partial charge in [-0.15, -0.1) is 0 Å². The van der Waals surface area contributed by atoms with Crippen LogP contribution in [0, 0.1) is 11.8 Å². The quantitative estimate of drug-likeness (QED) is 0.449. The van der Waals surface area contributed by atoms with Crippen LogP contribution in [0.15, 0.2) is 52.0 Å². The van der Waals surface area contributed by atoms with Gasteiger partial charge in [0, 0.05) is 25.7 Å². The Morgan fingerprint density at radius 3 is 2.03 bits per heavy atom. The van der Waals surface area contributed by atoms with Gasteiger partial charge in [0.1, 0.15) is 5.76 Å². The van der Waals surface area contributed by atoms with Gasteiger partial charge in [0.25, 0.3) is 0 Å². The summed E-state index contributed by atoms with van der Waals surface area (Å²) in [6, 6.07) is 9.27. The molecule has 0 aliphatic carbocycles. The summed E-state index contributed by atoms with van der Waals surface area (Å²) in [7, 11) is -4.00. The average Bonchev–Trinajstić information content (AvgIpc) is 3.26. The zero-order valence-corrected chi connectivity index (χ0v) is 21.6. The number of hydrogen-bond donors (Lipinski definition) is 1. The molecule has 188 valence electrons. The molecule has 1 N–H and O–H groups in total. The molecule has 2 amide bonds. The second-order valence-electron chi connectivity index (χ2n) is 9.30. The molecule has 2 aromatic rings. The fourth-order valence-corrected chi connectivity index (χ4v) is 4.66. The van der Waals surface area contributed by atoms with Crippen LogP contribution in [0.25, 0.3) is 0 Å². The summed E-state index contributed by atoms with van der Waals surface area (Å²) in [4.78, 5) is 26.4. The first kappa shape index (κ1) is 27.6. The minimum Gasteiger partial charge on any atom is -0.468 e. The van der Waals surface area contributed by atoms with E-state index in [2.05, 4.69) is 33.0 Å². The van der Waals surface area contributed by atoms with Crippen molar-refractivity contribution in [3.05, 3.63) is 48.4 Å². The molecule has 0 saturated heterocycles. The Morgan fingerprint density at radius 1 is 0.971 bits per heavy atom. The molecule has 9 heteroatoms. The zero-order chi connectivity index (χ0) is 25.3. The van der Waals surface area contributed by atoms with Crippen molar-refractivity contribution in [1.82, 2.24) is 9.21 Å². The second-order valence-corrected chi connectivity index (χ2v) is 11.2. The highest BCUT2D eigenvalue weighted by Gasteiger charge is 2.29. The van der Waals surface area contributed by atoms with Crippen LogP contribution in [0.1, 0.15) is 53.2 Å². The zero-order valence-electron chi connectivity index (χ0n) is 20.8. The lowest BCUT2D eigenvalue weighted by molar-refractivity contribution is -0.131. The molecule has 0 atom stereocenters. The highest BCUT2D eigenvalue weighted by molar-refractivity contribution is 7.89. The fourth-order valence-electron chi connectivity index (χ4n) is 3.30. The van der Waals surface area contributed by atoms with Gasteiger partial charge in [-0.2, -0.15) is 4.31 Å². The van der Waals surface area contributed by atoms with Crippen LogP contribution in [0.3, 0.4) is 0 Å². The number of nitrogens with zero attached hydrogens (tertiary/aromatic N) is 2. The van der Waals surface area contributed by atoms with Crippen molar-refractivity contribution in [2.75, 3.05) is 25.0 Å². The van der Waals surface area contributed by atoms with Crippen molar-refractivity contribution in [3.8, 4) is 0 Å². The Balaban J connectivity index is 2.29. The Hall–Kier alpha value is -2.65. The van der Waals surface area contributed by atoms with Gasteiger partial charge in [0.2, 0.25) is 21.8 Å². The summed E-state index contributed by atoms with van der Waals surface area (Å²) in [6.07, 6.45) is 3.17. The molecule has 34 heavy (non-hydrogen) atoms. The maximum absolute atomic E-state index is 13.5. The van der Waals surface area contributed by atoms with Crippen LogP contribution in [0.4, 0.5) is 5.69 Å². The van der Waals surface area contributed by atoms with Crippen LogP contribution in [-0.2, 0) is 26.2 Å². The SMILES string of the molecule is CC(=O)Nc1ccc(S(=O)(=O)N(CC(=O)N(CCC(C)C)CCC(C)C)Cc2ccco2)cc1. The van der Waals surface area contributed by atoms with E-state index >= 15 is 0 Å². The number of nitrogens with one attached hydrogen (secondary N) is 1. The fraction of sp³-hybridized carbons (Fsp3) is 0.520. The van der Waals surface area contributed by atoms with E-state index in [0.717, 1.165) is 17.1 Å². The third-order valence-corrected chi connectivity index (χ3v) is 7.15. The van der Waals surface area contributed by atoms with Crippen molar-refractivity contribution in [2.45, 2.75) is 58.9 Å². The lowest BCUT2D eigenvalue weighted by Gasteiger charge is -2.28. The van der Waals surface area contributed by atoms with Gasteiger partial charge >= 0.3 is 0 Å². The molecular weight excluding hydrogens is 454 g/mol. The van der Waals surface area contributed by atoms with Crippen LogP contribution in [0.2, 0.25) is 0 Å². The minimum absolute atomic E-state index is 0.0388. The van der Waals surface area contributed by atoms with E-state index in [1.54, 1.807) is 17.0 Å². The summed E-state index contributed by atoms with van der Waals surface area (Å²) in [6.45, 7) is 10.6. The normalized spacial score (nSPS) is 11.9. The number of amides is 2. The molecule has 1 heterocycles. The van der Waals surface area contributed by atoms with E-state index < -0.39 is 10.0 Å². The Bertz CT molecular complexity index is 1000. The number of furan rings is 1. The highest BCUT2D eigenvalue weighted by atomic mass is 32.2. The molecule has 1 aromatic carbocycles. The van der Waals surface area contributed by atoms with Crippen LogP contribution >= 0.6 is 0 Å². The van der Waals surface area contributed by atoms with E-state index in [0.29, 0.717) is 36.4 Å². The molecule has 0 unspecified atom stereocenters. The molecular formula is C25H37N3O5S. The number of carbonyl (C=O) groups is 2. The number of rotatable bonds is 13. The van der Waals surface area contributed by atoms with Crippen LogP contribution in [-0.4, -0.2) is 49.1 Å². The molecule has 0 aliphatic rings. The van der Waals surface area contributed by atoms with E-state index in [1.807, 2.05) is 0 Å². The van der Waals surface area contributed by atoms with Gasteiger partial charge < -0.3 is 14.6 Å². The van der Waals surface area contributed by atoms with Gasteiger partial charge in [0.15, 0.2) is 0 Å². The number of hydrogen-bond acceptors (Lipinski definition) is 5. The first-order valence-electron chi connectivity index (χ1n) is 11.7. The number of benzene rings is 1. The number of carbonyl (C=O) groups excluding carboxylic acids is 2. The lowest BCUT2D eigenvalue weighted by Crippen LogP contribution is -2.43. The molecule has 0 aliphatic heterocycles. The molecule has 0 radical (unpaired) electrons. The monoisotopic (exact) mass is 491 g/mol. The predicted molar refractivity (Wildman–Crippen MR) is 133 cm³/mol. The first-order valence-corrected chi connectivity index (χ1v) is 13.1. The summed E-state index contributed by atoms with van der Waals surface area (Å²) >= 11 is 0. The predicted octanol–water partition coefficient (Wildman–Crippen LogP) is 4.35. The largest absolute Gasteiger partial charge is 0.468 e. The Morgan fingerprint density at radius 2 is 1.56 bits per heavy atom. The van der Waals surface area contributed by atoms with E-state index in [-0.39, 0.29) is 29.8 Å². The van der Waals surface area contributed by atoms with Gasteiger partial charge in [-0.1, -0.05) is 27.7 Å². The molecule has 8 nitrogen and oxygen atoms in total. The summed E-state index contributed by atoms with van der Waals surface area (Å²) in [5, 5.41) is 2.62. The van der Waals surface area contributed by atoms with E-state index in [9.17, 15) is 18.0 Å². The van der Waals surface area contributed by atoms with Gasteiger partial charge in [-0.3, -0.25) is 9.59 Å². The molecule has 0 fully saturated rings. The van der Waals surface area contributed by atoms with Crippen LogP contribution < -0.4 is 5.32 Å². The first-order chi connectivity index (χ1) is 16.0. The maximum atomic E-state index is 13.5. The van der Waals surface area contributed by atoms with Gasteiger partial charge in [-0.05, 0) is 61.1 Å². The second kappa shape index (κ2) is 12.7. The lowest BCUT2D eigenvalue weighted by atomic mass is 10.1.